The number of unbranched alkanes of at least 4 members (excludes halogenated alkanes) is 3. The lowest BCUT2D eigenvalue weighted by Gasteiger charge is -2.06. The van der Waals surface area contributed by atoms with Crippen molar-refractivity contribution in [2.45, 2.75) is 45.4 Å². The molecule has 0 aromatic carbocycles. The van der Waals surface area contributed by atoms with Gasteiger partial charge in [-0.1, -0.05) is 38.3 Å². The Morgan fingerprint density at radius 2 is 2.13 bits per heavy atom. The van der Waals surface area contributed by atoms with Crippen molar-refractivity contribution in [3.05, 3.63) is 23.8 Å². The van der Waals surface area contributed by atoms with Gasteiger partial charge >= 0.3 is 0 Å². The van der Waals surface area contributed by atoms with Crippen molar-refractivity contribution in [2.75, 3.05) is 0 Å². The lowest BCUT2D eigenvalue weighted by Crippen LogP contribution is -2.13. The van der Waals surface area contributed by atoms with Crippen LogP contribution in [0.1, 0.15) is 45.4 Å². The highest BCUT2D eigenvalue weighted by Crippen LogP contribution is 2.13. The van der Waals surface area contributed by atoms with E-state index in [1.165, 1.54) is 12.8 Å². The standard InChI is InChI=1S/C13H18O2/c1-2-3-4-5-9-12(14)11-8-6-7-10-13(11)15/h6-8H,2-5,9-10H2,1H3. The van der Waals surface area contributed by atoms with Gasteiger partial charge in [-0.2, -0.15) is 0 Å². The van der Waals surface area contributed by atoms with Crippen LogP contribution >= 0.6 is 0 Å². The van der Waals surface area contributed by atoms with Crippen molar-refractivity contribution >= 4 is 11.6 Å². The smallest absolute Gasteiger partial charge is 0.170 e. The molecule has 2 heteroatoms. The van der Waals surface area contributed by atoms with Crippen LogP contribution < -0.4 is 0 Å². The molecule has 0 amide bonds. The molecule has 0 radical (unpaired) electrons. The van der Waals surface area contributed by atoms with E-state index in [-0.39, 0.29) is 11.6 Å². The second-order valence-corrected chi connectivity index (χ2v) is 3.87. The summed E-state index contributed by atoms with van der Waals surface area (Å²) in [6.45, 7) is 2.14. The minimum Gasteiger partial charge on any atom is -0.294 e. The van der Waals surface area contributed by atoms with Gasteiger partial charge in [-0.3, -0.25) is 9.59 Å². The molecule has 0 heterocycles. The zero-order valence-electron chi connectivity index (χ0n) is 9.29. The highest BCUT2D eigenvalue weighted by atomic mass is 16.1. The second-order valence-electron chi connectivity index (χ2n) is 3.87. The number of carbonyl (C=O) groups excluding carboxylic acids is 2. The lowest BCUT2D eigenvalue weighted by molar-refractivity contribution is -0.121. The normalized spacial score (nSPS) is 15.3. The molecule has 1 aliphatic rings. The molecule has 0 spiro atoms. The lowest BCUT2D eigenvalue weighted by atomic mass is 9.96. The van der Waals surface area contributed by atoms with Gasteiger partial charge in [-0.05, 0) is 12.5 Å². The summed E-state index contributed by atoms with van der Waals surface area (Å²) >= 11 is 0. The molecule has 0 fully saturated rings. The maximum atomic E-state index is 11.6. The predicted molar refractivity (Wildman–Crippen MR) is 60.6 cm³/mol. The van der Waals surface area contributed by atoms with Crippen molar-refractivity contribution in [3.63, 3.8) is 0 Å². The number of hydrogen-bond acceptors (Lipinski definition) is 2. The molecule has 0 bridgehead atoms. The second kappa shape index (κ2) is 6.33. The number of hydrogen-bond donors (Lipinski definition) is 0. The Labute approximate surface area is 91.1 Å². The van der Waals surface area contributed by atoms with Gasteiger partial charge in [0.15, 0.2) is 11.6 Å². The van der Waals surface area contributed by atoms with Gasteiger partial charge in [0.1, 0.15) is 0 Å². The maximum Gasteiger partial charge on any atom is 0.170 e. The zero-order chi connectivity index (χ0) is 11.1. The molecular weight excluding hydrogens is 188 g/mol. The van der Waals surface area contributed by atoms with Crippen molar-refractivity contribution in [2.24, 2.45) is 0 Å². The third kappa shape index (κ3) is 3.82. The van der Waals surface area contributed by atoms with E-state index in [4.69, 9.17) is 0 Å². The third-order valence-electron chi connectivity index (χ3n) is 2.56. The summed E-state index contributed by atoms with van der Waals surface area (Å²) < 4.78 is 0. The van der Waals surface area contributed by atoms with Crippen molar-refractivity contribution in [1.82, 2.24) is 0 Å². The molecule has 82 valence electrons. The predicted octanol–water partition coefficient (Wildman–Crippen LogP) is 2.98. The summed E-state index contributed by atoms with van der Waals surface area (Å²) in [7, 11) is 0. The van der Waals surface area contributed by atoms with E-state index < -0.39 is 0 Å². The van der Waals surface area contributed by atoms with Gasteiger partial charge in [0.05, 0.1) is 5.57 Å². The van der Waals surface area contributed by atoms with Crippen LogP contribution in [0.25, 0.3) is 0 Å². The molecule has 0 N–H and O–H groups in total. The molecule has 0 aromatic rings. The van der Waals surface area contributed by atoms with Gasteiger partial charge in [0, 0.05) is 12.8 Å². The van der Waals surface area contributed by atoms with Gasteiger partial charge in [0.2, 0.25) is 0 Å². The first kappa shape index (κ1) is 11.9. The average Bonchev–Trinajstić information content (AvgIpc) is 2.25. The molecule has 2 nitrogen and oxygen atoms in total. The molecule has 15 heavy (non-hydrogen) atoms. The number of ketones is 2. The highest BCUT2D eigenvalue weighted by molar-refractivity contribution is 6.21. The fourth-order valence-electron chi connectivity index (χ4n) is 1.64. The minimum atomic E-state index is -0.0296. The van der Waals surface area contributed by atoms with Gasteiger partial charge in [-0.15, -0.1) is 0 Å². The Bertz CT molecular complexity index is 298. The summed E-state index contributed by atoms with van der Waals surface area (Å²) in [6.07, 6.45) is 10.4. The van der Waals surface area contributed by atoms with Crippen molar-refractivity contribution in [1.29, 1.82) is 0 Å². The molecule has 1 aliphatic carbocycles. The minimum absolute atomic E-state index is 0.0143. The van der Waals surface area contributed by atoms with Crippen LogP contribution in [0.3, 0.4) is 0 Å². The monoisotopic (exact) mass is 206 g/mol. The Balaban J connectivity index is 2.36. The highest BCUT2D eigenvalue weighted by Gasteiger charge is 2.17. The van der Waals surface area contributed by atoms with Gasteiger partial charge in [-0.25, -0.2) is 0 Å². The van der Waals surface area contributed by atoms with E-state index in [0.717, 1.165) is 12.8 Å². The largest absolute Gasteiger partial charge is 0.294 e. The van der Waals surface area contributed by atoms with Gasteiger partial charge in [0.25, 0.3) is 0 Å². The molecular formula is C13H18O2. The number of Topliss-reactive ketones (excluding diaryl/α,β-unsaturated/α-hetero) is 2. The molecule has 0 saturated carbocycles. The Kier molecular flexibility index (Phi) is 5.02. The fraction of sp³-hybridized carbons (Fsp3) is 0.538. The van der Waals surface area contributed by atoms with Crippen LogP contribution in [-0.2, 0) is 9.59 Å². The summed E-state index contributed by atoms with van der Waals surface area (Å²) in [4.78, 5) is 23.0. The summed E-state index contributed by atoms with van der Waals surface area (Å²) in [5, 5.41) is 0. The van der Waals surface area contributed by atoms with Crippen LogP contribution in [0.2, 0.25) is 0 Å². The van der Waals surface area contributed by atoms with Crippen molar-refractivity contribution < 1.29 is 9.59 Å². The van der Waals surface area contributed by atoms with E-state index in [1.54, 1.807) is 18.2 Å². The van der Waals surface area contributed by atoms with Crippen LogP contribution in [0, 0.1) is 0 Å². The molecule has 0 unspecified atom stereocenters. The van der Waals surface area contributed by atoms with Crippen LogP contribution in [0.4, 0.5) is 0 Å². The number of carbonyl (C=O) groups is 2. The summed E-state index contributed by atoms with van der Waals surface area (Å²) in [6, 6.07) is 0. The maximum absolute atomic E-state index is 11.6. The SMILES string of the molecule is CCCCCCC(=O)C1=CC=CCC1=O. The van der Waals surface area contributed by atoms with E-state index >= 15 is 0 Å². The number of rotatable bonds is 6. The van der Waals surface area contributed by atoms with Crippen LogP contribution in [-0.4, -0.2) is 11.6 Å². The Hall–Kier alpha value is -1.18. The van der Waals surface area contributed by atoms with Crippen LogP contribution in [0.5, 0.6) is 0 Å². The molecule has 1 rings (SSSR count). The first-order valence-corrected chi connectivity index (χ1v) is 5.69. The van der Waals surface area contributed by atoms with Crippen LogP contribution in [0.15, 0.2) is 23.8 Å². The Morgan fingerprint density at radius 1 is 1.33 bits per heavy atom. The van der Waals surface area contributed by atoms with E-state index in [1.807, 2.05) is 0 Å². The average molecular weight is 206 g/mol. The molecule has 0 aromatic heterocycles. The topological polar surface area (TPSA) is 34.1 Å². The summed E-state index contributed by atoms with van der Waals surface area (Å²) in [5.41, 5.74) is 0.397. The first-order chi connectivity index (χ1) is 7.25. The molecule has 0 atom stereocenters. The van der Waals surface area contributed by atoms with E-state index in [9.17, 15) is 9.59 Å². The van der Waals surface area contributed by atoms with E-state index in [0.29, 0.717) is 18.4 Å². The van der Waals surface area contributed by atoms with E-state index in [2.05, 4.69) is 6.92 Å². The van der Waals surface area contributed by atoms with Gasteiger partial charge < -0.3 is 0 Å². The Morgan fingerprint density at radius 3 is 2.80 bits per heavy atom. The zero-order valence-corrected chi connectivity index (χ0v) is 9.29. The summed E-state index contributed by atoms with van der Waals surface area (Å²) in [5.74, 6) is -0.0153. The number of allylic oxidation sites excluding steroid dienone is 4. The fourth-order valence-corrected chi connectivity index (χ4v) is 1.64. The quantitative estimate of drug-likeness (QED) is 0.494. The third-order valence-corrected chi connectivity index (χ3v) is 2.56. The first-order valence-electron chi connectivity index (χ1n) is 5.69. The molecule has 0 saturated heterocycles. The van der Waals surface area contributed by atoms with Crippen molar-refractivity contribution in [3.8, 4) is 0 Å². The molecule has 0 aliphatic heterocycles.